The van der Waals surface area contributed by atoms with Crippen molar-refractivity contribution >= 4 is 23.2 Å². The molecule has 0 aliphatic heterocycles. The molecule has 0 radical (unpaired) electrons. The molecule has 1 fully saturated rings. The quantitative estimate of drug-likeness (QED) is 0.401. The minimum atomic E-state index is -1.04. The fourth-order valence-electron chi connectivity index (χ4n) is 3.84. The Morgan fingerprint density at radius 2 is 2.00 bits per heavy atom. The Hall–Kier alpha value is -4.64. The van der Waals surface area contributed by atoms with Gasteiger partial charge in [-0.15, -0.1) is 0 Å². The van der Waals surface area contributed by atoms with Gasteiger partial charge in [0.1, 0.15) is 12.6 Å². The maximum absolute atomic E-state index is 12.6. The van der Waals surface area contributed by atoms with E-state index in [0.717, 1.165) is 18.4 Å². The van der Waals surface area contributed by atoms with E-state index in [1.165, 1.54) is 12.4 Å². The van der Waals surface area contributed by atoms with Gasteiger partial charge in [0.25, 0.3) is 5.91 Å². The second-order valence-electron chi connectivity index (χ2n) is 7.73. The van der Waals surface area contributed by atoms with Gasteiger partial charge in [0.05, 0.1) is 46.0 Å². The summed E-state index contributed by atoms with van der Waals surface area (Å²) in [4.78, 5) is 27.7. The summed E-state index contributed by atoms with van der Waals surface area (Å²) >= 11 is 0. The predicted molar refractivity (Wildman–Crippen MR) is 117 cm³/mol. The third-order valence-electron chi connectivity index (χ3n) is 5.51. The highest BCUT2D eigenvalue weighted by atomic mass is 16.4. The largest absolute Gasteiger partial charge is 0.465 e. The Bertz CT molecular complexity index is 1300. The van der Waals surface area contributed by atoms with E-state index in [4.69, 9.17) is 15.6 Å². The minimum Gasteiger partial charge on any atom is -0.465 e. The van der Waals surface area contributed by atoms with Crippen LogP contribution in [0.25, 0.3) is 16.9 Å². The molecule has 0 aromatic carbocycles. The SMILES string of the molecule is N#CCNC(=O)c1cnc(-c2ccc3cc(C#N)cnn23)cc1N[C@H]1C[C@H](CNC(=O)O)C1. The van der Waals surface area contributed by atoms with Crippen LogP contribution in [0.3, 0.4) is 0 Å². The van der Waals surface area contributed by atoms with Gasteiger partial charge in [0.15, 0.2) is 0 Å². The maximum Gasteiger partial charge on any atom is 0.404 e. The zero-order chi connectivity index (χ0) is 23.4. The number of anilines is 1. The lowest BCUT2D eigenvalue weighted by Crippen LogP contribution is -2.42. The summed E-state index contributed by atoms with van der Waals surface area (Å²) in [5.74, 6) is -0.192. The van der Waals surface area contributed by atoms with E-state index >= 15 is 0 Å². The van der Waals surface area contributed by atoms with Crippen molar-refractivity contribution in [2.75, 3.05) is 18.4 Å². The van der Waals surface area contributed by atoms with Gasteiger partial charge < -0.3 is 21.1 Å². The van der Waals surface area contributed by atoms with Crippen LogP contribution in [0, 0.1) is 28.6 Å². The Balaban J connectivity index is 1.60. The van der Waals surface area contributed by atoms with Crippen molar-refractivity contribution in [3.63, 3.8) is 0 Å². The number of nitriles is 2. The summed E-state index contributed by atoms with van der Waals surface area (Å²) in [5.41, 5.74) is 3.33. The smallest absolute Gasteiger partial charge is 0.404 e. The molecule has 3 heterocycles. The van der Waals surface area contributed by atoms with Crippen LogP contribution < -0.4 is 16.0 Å². The summed E-state index contributed by atoms with van der Waals surface area (Å²) in [6.07, 6.45) is 3.39. The predicted octanol–water partition coefficient (Wildman–Crippen LogP) is 1.98. The molecule has 0 atom stereocenters. The Labute approximate surface area is 188 Å². The van der Waals surface area contributed by atoms with Gasteiger partial charge in [-0.2, -0.15) is 15.6 Å². The average Bonchev–Trinajstić information content (AvgIpc) is 3.21. The van der Waals surface area contributed by atoms with Crippen LogP contribution >= 0.6 is 0 Å². The van der Waals surface area contributed by atoms with E-state index in [9.17, 15) is 9.59 Å². The fraction of sp³-hybridized carbons (Fsp3) is 0.273. The summed E-state index contributed by atoms with van der Waals surface area (Å²) in [6.45, 7) is 0.262. The Morgan fingerprint density at radius 1 is 1.18 bits per heavy atom. The van der Waals surface area contributed by atoms with Crippen LogP contribution in [0.5, 0.6) is 0 Å². The first-order chi connectivity index (χ1) is 16.0. The van der Waals surface area contributed by atoms with Crippen molar-refractivity contribution in [1.29, 1.82) is 10.5 Å². The monoisotopic (exact) mass is 444 g/mol. The van der Waals surface area contributed by atoms with Crippen molar-refractivity contribution in [3.05, 3.63) is 47.8 Å². The second-order valence-corrected chi connectivity index (χ2v) is 7.73. The van der Waals surface area contributed by atoms with Crippen LogP contribution in [0.1, 0.15) is 28.8 Å². The first kappa shape index (κ1) is 21.6. The molecule has 11 heteroatoms. The molecule has 11 nitrogen and oxygen atoms in total. The fourth-order valence-corrected chi connectivity index (χ4v) is 3.84. The third-order valence-corrected chi connectivity index (χ3v) is 5.51. The van der Waals surface area contributed by atoms with Crippen LogP contribution in [-0.4, -0.2) is 50.8 Å². The molecular weight excluding hydrogens is 424 g/mol. The number of carbonyl (C=O) groups is 2. The number of nitrogens with one attached hydrogen (secondary N) is 3. The number of nitrogens with zero attached hydrogens (tertiary/aromatic N) is 5. The lowest BCUT2D eigenvalue weighted by atomic mass is 9.80. The Kier molecular flexibility index (Phi) is 6.04. The van der Waals surface area contributed by atoms with Crippen LogP contribution in [0.15, 0.2) is 36.7 Å². The number of hydrogen-bond acceptors (Lipinski definition) is 7. The number of hydrogen-bond donors (Lipinski definition) is 4. The highest BCUT2D eigenvalue weighted by Gasteiger charge is 2.30. The van der Waals surface area contributed by atoms with Gasteiger partial charge in [-0.3, -0.25) is 9.78 Å². The molecular formula is C22H20N8O3. The van der Waals surface area contributed by atoms with Gasteiger partial charge >= 0.3 is 6.09 Å². The topological polar surface area (TPSA) is 168 Å². The molecule has 4 N–H and O–H groups in total. The summed E-state index contributed by atoms with van der Waals surface area (Å²) in [7, 11) is 0. The molecule has 0 unspecified atom stereocenters. The minimum absolute atomic E-state index is 0.0729. The molecule has 4 rings (SSSR count). The molecule has 0 spiro atoms. The van der Waals surface area contributed by atoms with Crippen molar-refractivity contribution in [3.8, 4) is 23.5 Å². The molecule has 2 amide bonds. The van der Waals surface area contributed by atoms with Crippen LogP contribution in [-0.2, 0) is 0 Å². The first-order valence-electron chi connectivity index (χ1n) is 10.2. The number of aromatic nitrogens is 3. The lowest BCUT2D eigenvalue weighted by Gasteiger charge is -2.36. The molecule has 1 aliphatic rings. The molecule has 0 saturated heterocycles. The van der Waals surface area contributed by atoms with Crippen molar-refractivity contribution in [2.24, 2.45) is 5.92 Å². The van der Waals surface area contributed by atoms with E-state index < -0.39 is 12.0 Å². The maximum atomic E-state index is 12.6. The highest BCUT2D eigenvalue weighted by molar-refractivity contribution is 6.00. The molecule has 166 valence electrons. The normalized spacial score (nSPS) is 16.8. The van der Waals surface area contributed by atoms with Gasteiger partial charge in [-0.25, -0.2) is 9.31 Å². The van der Waals surface area contributed by atoms with Crippen LogP contribution in [0.2, 0.25) is 0 Å². The van der Waals surface area contributed by atoms with Gasteiger partial charge in [0.2, 0.25) is 0 Å². The number of pyridine rings is 1. The summed E-state index contributed by atoms with van der Waals surface area (Å²) in [6, 6.07) is 11.2. The Morgan fingerprint density at radius 3 is 2.73 bits per heavy atom. The van der Waals surface area contributed by atoms with Crippen molar-refractivity contribution < 1.29 is 14.7 Å². The average molecular weight is 444 g/mol. The third kappa shape index (κ3) is 4.67. The van der Waals surface area contributed by atoms with Gasteiger partial charge in [0, 0.05) is 18.8 Å². The van der Waals surface area contributed by atoms with E-state index in [1.807, 2.05) is 18.2 Å². The van der Waals surface area contributed by atoms with E-state index in [0.29, 0.717) is 34.7 Å². The molecule has 0 bridgehead atoms. The number of carbonyl (C=O) groups excluding carboxylic acids is 1. The summed E-state index contributed by atoms with van der Waals surface area (Å²) in [5, 5.41) is 39.2. The molecule has 3 aromatic rings. The number of rotatable bonds is 7. The number of carboxylic acid groups (broad SMARTS) is 1. The zero-order valence-electron chi connectivity index (χ0n) is 17.4. The van der Waals surface area contributed by atoms with Crippen LogP contribution in [0.4, 0.5) is 10.5 Å². The second kappa shape index (κ2) is 9.24. The zero-order valence-corrected chi connectivity index (χ0v) is 17.4. The van der Waals surface area contributed by atoms with E-state index in [2.05, 4.69) is 32.1 Å². The molecule has 1 aliphatic carbocycles. The highest BCUT2D eigenvalue weighted by Crippen LogP contribution is 2.32. The lowest BCUT2D eigenvalue weighted by molar-refractivity contribution is 0.0958. The van der Waals surface area contributed by atoms with E-state index in [-0.39, 0.29) is 18.5 Å². The van der Waals surface area contributed by atoms with Crippen molar-refractivity contribution in [1.82, 2.24) is 25.2 Å². The van der Waals surface area contributed by atoms with Crippen molar-refractivity contribution in [2.45, 2.75) is 18.9 Å². The summed E-state index contributed by atoms with van der Waals surface area (Å²) < 4.78 is 1.67. The molecule has 1 saturated carbocycles. The van der Waals surface area contributed by atoms with Gasteiger partial charge in [-0.05, 0) is 43.0 Å². The van der Waals surface area contributed by atoms with E-state index in [1.54, 1.807) is 16.6 Å². The standard InChI is InChI=1S/C22H20N8O3/c23-3-4-25-21(31)17-12-26-19(20-2-1-16-7-14(9-24)11-28-30(16)20)8-18(17)29-15-5-13(6-15)10-27-22(32)33/h1-2,7-8,11-13,15,27H,4-6,10H2,(H,25,31)(H,26,29)(H,32,33)/t13-,15-. The first-order valence-corrected chi connectivity index (χ1v) is 10.2. The molecule has 3 aromatic heterocycles. The number of fused-ring (bicyclic) bond motifs is 1. The molecule has 33 heavy (non-hydrogen) atoms. The number of amides is 2. The van der Waals surface area contributed by atoms with Gasteiger partial charge in [-0.1, -0.05) is 0 Å².